The van der Waals surface area contributed by atoms with Crippen molar-refractivity contribution in [1.82, 2.24) is 10.2 Å². The first-order valence-electron chi connectivity index (χ1n) is 12.8. The minimum atomic E-state index is -0.366. The van der Waals surface area contributed by atoms with E-state index in [4.69, 9.17) is 14.2 Å². The molecule has 1 aromatic heterocycles. The molecule has 2 aliphatic rings. The van der Waals surface area contributed by atoms with Crippen molar-refractivity contribution in [3.63, 3.8) is 0 Å². The average molecular weight is 550 g/mol. The van der Waals surface area contributed by atoms with Gasteiger partial charge in [-0.3, -0.25) is 14.4 Å². The zero-order valence-corrected chi connectivity index (χ0v) is 22.7. The molecule has 10 heteroatoms. The van der Waals surface area contributed by atoms with Gasteiger partial charge in [0.2, 0.25) is 5.91 Å². The lowest BCUT2D eigenvalue weighted by Gasteiger charge is -2.42. The number of fused-ring (bicyclic) bond motifs is 2. The van der Waals surface area contributed by atoms with Gasteiger partial charge in [-0.1, -0.05) is 18.2 Å². The lowest BCUT2D eigenvalue weighted by atomic mass is 9.94. The molecule has 9 nitrogen and oxygen atoms in total. The molecule has 5 rings (SSSR count). The number of hydrogen-bond acceptors (Lipinski definition) is 7. The molecule has 0 unspecified atom stereocenters. The van der Waals surface area contributed by atoms with Gasteiger partial charge in [0, 0.05) is 19.3 Å². The fourth-order valence-electron chi connectivity index (χ4n) is 4.97. The van der Waals surface area contributed by atoms with E-state index in [1.807, 2.05) is 35.7 Å². The monoisotopic (exact) mass is 549 g/mol. The molecule has 1 saturated heterocycles. The van der Waals surface area contributed by atoms with E-state index >= 15 is 0 Å². The Balaban J connectivity index is 1.20. The van der Waals surface area contributed by atoms with E-state index in [9.17, 15) is 14.4 Å². The molecule has 204 valence electrons. The smallest absolute Gasteiger partial charge is 0.265 e. The van der Waals surface area contributed by atoms with E-state index in [0.717, 1.165) is 11.3 Å². The number of amides is 3. The summed E-state index contributed by atoms with van der Waals surface area (Å²) in [7, 11) is 3.37. The van der Waals surface area contributed by atoms with Crippen LogP contribution in [-0.4, -0.2) is 61.6 Å². The van der Waals surface area contributed by atoms with Gasteiger partial charge in [-0.25, -0.2) is 0 Å². The van der Waals surface area contributed by atoms with Crippen LogP contribution in [0.2, 0.25) is 0 Å². The SMILES string of the molecule is COc1cccc(CNC(=O)C[C@H]2CC[C@H]3[C@H](COc4ccc(NC(=O)c5cccs5)cc4C(=O)N3C)O2)c1. The molecule has 3 amide bonds. The van der Waals surface area contributed by atoms with Crippen molar-refractivity contribution in [3.8, 4) is 11.5 Å². The molecule has 2 aromatic carbocycles. The molecule has 39 heavy (non-hydrogen) atoms. The third kappa shape index (κ3) is 6.23. The molecule has 0 aliphatic carbocycles. The number of carbonyl (C=O) groups excluding carboxylic acids is 3. The van der Waals surface area contributed by atoms with Crippen LogP contribution in [0, 0.1) is 0 Å². The Morgan fingerprint density at radius 1 is 1.13 bits per heavy atom. The quantitative estimate of drug-likeness (QED) is 0.460. The fraction of sp³-hybridized carbons (Fsp3) is 0.345. The van der Waals surface area contributed by atoms with Gasteiger partial charge in [-0.15, -0.1) is 11.3 Å². The number of nitrogens with one attached hydrogen (secondary N) is 2. The normalized spacial score (nSPS) is 20.5. The third-order valence-electron chi connectivity index (χ3n) is 7.05. The van der Waals surface area contributed by atoms with Crippen molar-refractivity contribution in [1.29, 1.82) is 0 Å². The summed E-state index contributed by atoms with van der Waals surface area (Å²) < 4.78 is 17.6. The van der Waals surface area contributed by atoms with Gasteiger partial charge in [0.15, 0.2) is 0 Å². The van der Waals surface area contributed by atoms with Crippen molar-refractivity contribution in [3.05, 3.63) is 76.0 Å². The van der Waals surface area contributed by atoms with Gasteiger partial charge in [0.1, 0.15) is 24.2 Å². The Bertz CT molecular complexity index is 1340. The number of ether oxygens (including phenoxy) is 3. The average Bonchev–Trinajstić information content (AvgIpc) is 3.50. The van der Waals surface area contributed by atoms with Gasteiger partial charge < -0.3 is 29.7 Å². The Hall–Kier alpha value is -3.89. The van der Waals surface area contributed by atoms with Crippen LogP contribution < -0.4 is 20.1 Å². The van der Waals surface area contributed by atoms with Crippen LogP contribution in [0.25, 0.3) is 0 Å². The fourth-order valence-corrected chi connectivity index (χ4v) is 5.59. The largest absolute Gasteiger partial charge is 0.497 e. The van der Waals surface area contributed by atoms with Gasteiger partial charge in [0.05, 0.1) is 36.1 Å². The van der Waals surface area contributed by atoms with E-state index in [-0.39, 0.29) is 49.0 Å². The zero-order valence-electron chi connectivity index (χ0n) is 21.8. The maximum absolute atomic E-state index is 13.4. The molecular formula is C29H31N3O6S. The molecule has 2 aliphatic heterocycles. The first-order chi connectivity index (χ1) is 18.9. The summed E-state index contributed by atoms with van der Waals surface area (Å²) in [6.07, 6.45) is 0.936. The molecule has 0 radical (unpaired) electrons. The summed E-state index contributed by atoms with van der Waals surface area (Å²) in [6.45, 7) is 0.653. The number of anilines is 1. The number of rotatable bonds is 7. The number of likely N-dealkylation sites (N-methyl/N-ethyl adjacent to an activating group) is 1. The third-order valence-corrected chi connectivity index (χ3v) is 7.92. The molecule has 1 fully saturated rings. The minimum absolute atomic E-state index is 0.0973. The molecule has 0 spiro atoms. The number of hydrogen-bond donors (Lipinski definition) is 2. The molecule has 0 saturated carbocycles. The summed E-state index contributed by atoms with van der Waals surface area (Å²) >= 11 is 1.35. The lowest BCUT2D eigenvalue weighted by molar-refractivity contribution is -0.134. The molecule has 0 bridgehead atoms. The number of benzene rings is 2. The van der Waals surface area contributed by atoms with Crippen LogP contribution >= 0.6 is 11.3 Å². The highest BCUT2D eigenvalue weighted by atomic mass is 32.1. The highest BCUT2D eigenvalue weighted by molar-refractivity contribution is 7.12. The second-order valence-electron chi connectivity index (χ2n) is 9.64. The van der Waals surface area contributed by atoms with Crippen LogP contribution in [0.3, 0.4) is 0 Å². The second kappa shape index (κ2) is 11.9. The predicted molar refractivity (Wildman–Crippen MR) is 147 cm³/mol. The van der Waals surface area contributed by atoms with Gasteiger partial charge >= 0.3 is 0 Å². The Morgan fingerprint density at radius 3 is 2.79 bits per heavy atom. The summed E-state index contributed by atoms with van der Waals surface area (Å²) in [5.74, 6) is 0.648. The first kappa shape index (κ1) is 26.7. The maximum Gasteiger partial charge on any atom is 0.265 e. The van der Waals surface area contributed by atoms with E-state index in [1.165, 1.54) is 11.3 Å². The van der Waals surface area contributed by atoms with Crippen LogP contribution in [-0.2, 0) is 16.1 Å². The number of carbonyl (C=O) groups is 3. The minimum Gasteiger partial charge on any atom is -0.497 e. The summed E-state index contributed by atoms with van der Waals surface area (Å²) in [5, 5.41) is 7.63. The topological polar surface area (TPSA) is 106 Å². The van der Waals surface area contributed by atoms with Gasteiger partial charge in [0.25, 0.3) is 11.8 Å². The van der Waals surface area contributed by atoms with Crippen LogP contribution in [0.5, 0.6) is 11.5 Å². The number of nitrogens with zero attached hydrogens (tertiary/aromatic N) is 1. The van der Waals surface area contributed by atoms with Crippen LogP contribution in [0.15, 0.2) is 60.0 Å². The van der Waals surface area contributed by atoms with E-state index in [1.54, 1.807) is 43.3 Å². The van der Waals surface area contributed by atoms with Gasteiger partial charge in [-0.05, 0) is 60.2 Å². The van der Waals surface area contributed by atoms with Crippen molar-refractivity contribution in [2.75, 3.05) is 26.1 Å². The summed E-state index contributed by atoms with van der Waals surface area (Å²) in [4.78, 5) is 40.8. The summed E-state index contributed by atoms with van der Waals surface area (Å²) in [5.41, 5.74) is 1.86. The Labute approximate surface area is 231 Å². The molecule has 3 heterocycles. The Morgan fingerprint density at radius 2 is 2.00 bits per heavy atom. The molecule has 3 atom stereocenters. The highest BCUT2D eigenvalue weighted by Crippen LogP contribution is 2.32. The summed E-state index contributed by atoms with van der Waals surface area (Å²) in [6, 6.07) is 16.0. The Kier molecular flexibility index (Phi) is 8.13. The van der Waals surface area contributed by atoms with E-state index in [2.05, 4.69) is 10.6 Å². The van der Waals surface area contributed by atoms with Crippen molar-refractivity contribution < 1.29 is 28.6 Å². The van der Waals surface area contributed by atoms with E-state index in [0.29, 0.717) is 41.3 Å². The van der Waals surface area contributed by atoms with Crippen molar-refractivity contribution in [2.24, 2.45) is 0 Å². The molecule has 3 aromatic rings. The predicted octanol–water partition coefficient (Wildman–Crippen LogP) is 4.10. The maximum atomic E-state index is 13.4. The number of methoxy groups -OCH3 is 1. The lowest BCUT2D eigenvalue weighted by Crippen LogP contribution is -2.53. The molecular weight excluding hydrogens is 518 g/mol. The van der Waals surface area contributed by atoms with Crippen molar-refractivity contribution >= 4 is 34.7 Å². The first-order valence-corrected chi connectivity index (χ1v) is 13.7. The standard InChI is InChI=1S/C29H31N3O6S/c1-32-23-10-9-21(15-27(33)30-16-18-5-3-6-20(13-18)36-2)38-25(23)17-37-24-11-8-19(14-22(24)29(32)35)31-28(34)26-7-4-12-39-26/h3-8,11-14,21,23,25H,9-10,15-17H2,1-2H3,(H,30,33)(H,31,34)/t21-,23+,25+/m1/s1. The zero-order chi connectivity index (χ0) is 27.4. The van der Waals surface area contributed by atoms with Crippen LogP contribution in [0.4, 0.5) is 5.69 Å². The van der Waals surface area contributed by atoms with E-state index < -0.39 is 0 Å². The highest BCUT2D eigenvalue weighted by Gasteiger charge is 2.39. The second-order valence-corrected chi connectivity index (χ2v) is 10.6. The van der Waals surface area contributed by atoms with Crippen molar-refractivity contribution in [2.45, 2.75) is 44.1 Å². The number of thiophene rings is 1. The van der Waals surface area contributed by atoms with Gasteiger partial charge in [-0.2, -0.15) is 0 Å². The molecule has 2 N–H and O–H groups in total. The van der Waals surface area contributed by atoms with Crippen LogP contribution in [0.1, 0.15) is 44.9 Å².